The smallest absolute Gasteiger partial charge is 0.253 e. The molecule has 2 aromatic rings. The summed E-state index contributed by atoms with van der Waals surface area (Å²) in [5.41, 5.74) is 4.23. The van der Waals surface area contributed by atoms with E-state index in [1.54, 1.807) is 12.4 Å². The molecule has 3 rings (SSSR count). The molecule has 1 saturated heterocycles. The van der Waals surface area contributed by atoms with Gasteiger partial charge in [-0.25, -0.2) is 0 Å². The van der Waals surface area contributed by atoms with E-state index in [-0.39, 0.29) is 12.1 Å². The van der Waals surface area contributed by atoms with Gasteiger partial charge in [0.25, 0.3) is 5.91 Å². The molecule has 1 N–H and O–H groups in total. The van der Waals surface area contributed by atoms with Crippen LogP contribution in [-0.4, -0.2) is 23.6 Å². The number of benzene rings is 1. The van der Waals surface area contributed by atoms with Gasteiger partial charge in [-0.1, -0.05) is 45.9 Å². The molecule has 138 valence electrons. The number of carbonyl (C=O) groups is 1. The van der Waals surface area contributed by atoms with E-state index in [4.69, 9.17) is 0 Å². The molecular weight excluding hydrogens is 322 g/mol. The van der Waals surface area contributed by atoms with Gasteiger partial charge in [0.05, 0.1) is 0 Å². The van der Waals surface area contributed by atoms with Crippen LogP contribution >= 0.6 is 0 Å². The maximum absolute atomic E-state index is 13.3. The van der Waals surface area contributed by atoms with Crippen LogP contribution in [0.1, 0.15) is 73.9 Å². The van der Waals surface area contributed by atoms with Crippen LogP contribution in [0.5, 0.6) is 0 Å². The summed E-state index contributed by atoms with van der Waals surface area (Å²) in [6, 6.07) is 10.2. The summed E-state index contributed by atoms with van der Waals surface area (Å²) in [6.07, 6.45) is 5.69. The summed E-state index contributed by atoms with van der Waals surface area (Å²) in [4.78, 5) is 19.6. The summed E-state index contributed by atoms with van der Waals surface area (Å²) in [7, 11) is 0. The van der Waals surface area contributed by atoms with E-state index in [1.165, 1.54) is 0 Å². The Morgan fingerprint density at radius 3 is 2.27 bits per heavy atom. The Morgan fingerprint density at radius 1 is 1.08 bits per heavy atom. The summed E-state index contributed by atoms with van der Waals surface area (Å²) in [5, 5.41) is 3.30. The zero-order valence-corrected chi connectivity index (χ0v) is 16.2. The van der Waals surface area contributed by atoms with E-state index in [2.05, 4.69) is 61.1 Å². The molecule has 0 radical (unpaired) electrons. The first kappa shape index (κ1) is 18.4. The van der Waals surface area contributed by atoms with Crippen molar-refractivity contribution in [2.45, 2.75) is 58.5 Å². The van der Waals surface area contributed by atoms with Crippen LogP contribution in [0.2, 0.25) is 0 Å². The van der Waals surface area contributed by atoms with Gasteiger partial charge in [0.15, 0.2) is 0 Å². The van der Waals surface area contributed by atoms with Crippen LogP contribution in [0, 0.1) is 0 Å². The van der Waals surface area contributed by atoms with Gasteiger partial charge in [-0.15, -0.1) is 0 Å². The number of hydrogen-bond acceptors (Lipinski definition) is 3. The highest BCUT2D eigenvalue weighted by Crippen LogP contribution is 2.29. The molecule has 0 aliphatic carbocycles. The Bertz CT molecular complexity index is 729. The van der Waals surface area contributed by atoms with Crippen molar-refractivity contribution in [1.82, 2.24) is 10.3 Å². The maximum atomic E-state index is 13.3. The molecule has 1 amide bonds. The molecular formula is C22H29N3O. The minimum Gasteiger partial charge on any atom is -0.351 e. The highest BCUT2D eigenvalue weighted by molar-refractivity contribution is 5.98. The Balaban J connectivity index is 1.88. The van der Waals surface area contributed by atoms with E-state index in [1.807, 2.05) is 12.1 Å². The fraction of sp³-hybridized carbons (Fsp3) is 0.455. The zero-order chi connectivity index (χ0) is 18.7. The molecule has 1 aromatic carbocycles. The minimum atomic E-state index is 0.0325. The quantitative estimate of drug-likeness (QED) is 0.850. The first-order valence-electron chi connectivity index (χ1n) is 9.59. The van der Waals surface area contributed by atoms with E-state index < -0.39 is 0 Å². The summed E-state index contributed by atoms with van der Waals surface area (Å²) < 4.78 is 0. The van der Waals surface area contributed by atoms with Crippen molar-refractivity contribution in [2.75, 3.05) is 11.4 Å². The Morgan fingerprint density at radius 2 is 1.69 bits per heavy atom. The molecule has 1 unspecified atom stereocenters. The fourth-order valence-electron chi connectivity index (χ4n) is 3.80. The topological polar surface area (TPSA) is 45.2 Å². The lowest BCUT2D eigenvalue weighted by atomic mass is 9.88. The third-order valence-corrected chi connectivity index (χ3v) is 5.14. The van der Waals surface area contributed by atoms with Crippen molar-refractivity contribution in [2.24, 2.45) is 0 Å². The number of amides is 1. The van der Waals surface area contributed by atoms with Crippen molar-refractivity contribution in [3.63, 3.8) is 0 Å². The van der Waals surface area contributed by atoms with Crippen molar-refractivity contribution in [3.8, 4) is 0 Å². The van der Waals surface area contributed by atoms with Crippen LogP contribution in [0.15, 0.2) is 42.7 Å². The SMILES string of the molecule is CC(C)c1cccc(C(C)C)c1C(=O)NC1CCCN1c1ccncc1. The standard InChI is InChI=1S/C22H29N3O/c1-15(2)18-7-5-8-19(16(3)4)21(18)22(26)24-20-9-6-14-25(20)17-10-12-23-13-11-17/h5,7-8,10-13,15-16,20H,6,9,14H2,1-4H3,(H,24,26). The molecule has 1 aromatic heterocycles. The molecule has 4 nitrogen and oxygen atoms in total. The van der Waals surface area contributed by atoms with Crippen molar-refractivity contribution in [1.29, 1.82) is 0 Å². The van der Waals surface area contributed by atoms with Crippen LogP contribution in [0.25, 0.3) is 0 Å². The lowest BCUT2D eigenvalue weighted by molar-refractivity contribution is 0.0935. The normalized spacial score (nSPS) is 17.2. The lowest BCUT2D eigenvalue weighted by Gasteiger charge is -2.28. The van der Waals surface area contributed by atoms with E-state index in [0.717, 1.165) is 41.8 Å². The van der Waals surface area contributed by atoms with Crippen LogP contribution in [0.4, 0.5) is 5.69 Å². The molecule has 0 spiro atoms. The highest BCUT2D eigenvalue weighted by Gasteiger charge is 2.28. The predicted octanol–water partition coefficient (Wildman–Crippen LogP) is 4.68. The van der Waals surface area contributed by atoms with E-state index >= 15 is 0 Å². The molecule has 1 fully saturated rings. The molecule has 2 heterocycles. The minimum absolute atomic E-state index is 0.0325. The molecule has 1 atom stereocenters. The molecule has 26 heavy (non-hydrogen) atoms. The molecule has 1 aliphatic heterocycles. The molecule has 4 heteroatoms. The Hall–Kier alpha value is -2.36. The summed E-state index contributed by atoms with van der Waals surface area (Å²) >= 11 is 0. The van der Waals surface area contributed by atoms with Gasteiger partial charge in [0, 0.05) is 30.2 Å². The van der Waals surface area contributed by atoms with Gasteiger partial charge in [-0.3, -0.25) is 9.78 Å². The number of hydrogen-bond donors (Lipinski definition) is 1. The summed E-state index contributed by atoms with van der Waals surface area (Å²) in [6.45, 7) is 9.55. The first-order valence-corrected chi connectivity index (χ1v) is 9.59. The molecule has 0 bridgehead atoms. The van der Waals surface area contributed by atoms with Crippen molar-refractivity contribution in [3.05, 3.63) is 59.4 Å². The predicted molar refractivity (Wildman–Crippen MR) is 107 cm³/mol. The number of carbonyl (C=O) groups excluding carboxylic acids is 1. The third kappa shape index (κ3) is 3.74. The maximum Gasteiger partial charge on any atom is 0.253 e. The number of anilines is 1. The number of nitrogens with zero attached hydrogens (tertiary/aromatic N) is 2. The van der Waals surface area contributed by atoms with Crippen LogP contribution in [-0.2, 0) is 0 Å². The van der Waals surface area contributed by atoms with Gasteiger partial charge >= 0.3 is 0 Å². The molecule has 0 saturated carbocycles. The van der Waals surface area contributed by atoms with Gasteiger partial charge in [0.2, 0.25) is 0 Å². The number of pyridine rings is 1. The fourth-order valence-corrected chi connectivity index (χ4v) is 3.80. The number of rotatable bonds is 5. The van der Waals surface area contributed by atoms with Crippen molar-refractivity contribution >= 4 is 11.6 Å². The van der Waals surface area contributed by atoms with E-state index in [9.17, 15) is 4.79 Å². The lowest BCUT2D eigenvalue weighted by Crippen LogP contribution is -2.45. The monoisotopic (exact) mass is 351 g/mol. The van der Waals surface area contributed by atoms with Crippen LogP contribution in [0.3, 0.4) is 0 Å². The third-order valence-electron chi connectivity index (χ3n) is 5.14. The zero-order valence-electron chi connectivity index (χ0n) is 16.2. The Labute approximate surface area is 156 Å². The second-order valence-corrected chi connectivity index (χ2v) is 7.65. The molecule has 1 aliphatic rings. The average molecular weight is 351 g/mol. The highest BCUT2D eigenvalue weighted by atomic mass is 16.1. The summed E-state index contributed by atoms with van der Waals surface area (Å²) in [5.74, 6) is 0.674. The van der Waals surface area contributed by atoms with Crippen molar-refractivity contribution < 1.29 is 4.79 Å². The first-order chi connectivity index (χ1) is 12.5. The number of nitrogens with one attached hydrogen (secondary N) is 1. The van der Waals surface area contributed by atoms with Gasteiger partial charge < -0.3 is 10.2 Å². The Kier molecular flexibility index (Phi) is 5.60. The van der Waals surface area contributed by atoms with E-state index in [0.29, 0.717) is 11.8 Å². The van der Waals surface area contributed by atoms with Gasteiger partial charge in [-0.05, 0) is 47.9 Å². The van der Waals surface area contributed by atoms with Gasteiger partial charge in [-0.2, -0.15) is 0 Å². The second kappa shape index (κ2) is 7.90. The van der Waals surface area contributed by atoms with Crippen LogP contribution < -0.4 is 10.2 Å². The largest absolute Gasteiger partial charge is 0.351 e. The number of aromatic nitrogens is 1. The second-order valence-electron chi connectivity index (χ2n) is 7.65. The van der Waals surface area contributed by atoms with Gasteiger partial charge in [0.1, 0.15) is 6.17 Å². The average Bonchev–Trinajstić information content (AvgIpc) is 3.09.